The molecule has 1 unspecified atom stereocenters. The number of amides is 1. The van der Waals surface area contributed by atoms with Crippen LogP contribution in [-0.4, -0.2) is 32.0 Å². The van der Waals surface area contributed by atoms with Gasteiger partial charge in [0.2, 0.25) is 5.91 Å². The highest BCUT2D eigenvalue weighted by molar-refractivity contribution is 5.88. The summed E-state index contributed by atoms with van der Waals surface area (Å²) in [5.41, 5.74) is 5.05. The second-order valence-electron chi connectivity index (χ2n) is 3.86. The second kappa shape index (κ2) is 5.65. The van der Waals surface area contributed by atoms with E-state index in [2.05, 4.69) is 5.32 Å². The molecule has 0 radical (unpaired) electrons. The number of benzene rings is 1. The summed E-state index contributed by atoms with van der Waals surface area (Å²) < 4.78 is 10.2. The zero-order valence-electron chi connectivity index (χ0n) is 10.3. The van der Waals surface area contributed by atoms with Gasteiger partial charge in [-0.25, -0.2) is 0 Å². The largest absolute Gasteiger partial charge is 0.367 e. The predicted octanol–water partition coefficient (Wildman–Crippen LogP) is 0.961. The molecule has 0 heterocycles. The molecule has 5 nitrogen and oxygen atoms in total. The van der Waals surface area contributed by atoms with E-state index in [1.807, 2.05) is 30.3 Å². The smallest absolute Gasteiger partial charge is 0.248 e. The van der Waals surface area contributed by atoms with Gasteiger partial charge in [-0.15, -0.1) is 0 Å². The van der Waals surface area contributed by atoms with Gasteiger partial charge in [-0.3, -0.25) is 4.79 Å². The quantitative estimate of drug-likeness (QED) is 0.724. The van der Waals surface area contributed by atoms with Crippen LogP contribution in [0.15, 0.2) is 30.3 Å². The van der Waals surface area contributed by atoms with Crippen LogP contribution in [0.3, 0.4) is 0 Å². The number of ether oxygens (including phenoxy) is 2. The molecular formula is C12H18N2O3. The third-order valence-electron chi connectivity index (χ3n) is 2.59. The Morgan fingerprint density at radius 1 is 1.29 bits per heavy atom. The molecule has 3 N–H and O–H groups in total. The number of carbonyl (C=O) groups is 1. The molecule has 0 fully saturated rings. The zero-order chi connectivity index (χ0) is 12.9. The predicted molar refractivity (Wildman–Crippen MR) is 65.5 cm³/mol. The lowest BCUT2D eigenvalue weighted by Gasteiger charge is -2.34. The van der Waals surface area contributed by atoms with Gasteiger partial charge < -0.3 is 20.5 Å². The molecule has 0 aromatic heterocycles. The summed E-state index contributed by atoms with van der Waals surface area (Å²) >= 11 is 0. The molecule has 0 spiro atoms. The minimum atomic E-state index is -1.13. The van der Waals surface area contributed by atoms with Crippen LogP contribution >= 0.6 is 0 Å². The number of hydrogen-bond acceptors (Lipinski definition) is 4. The van der Waals surface area contributed by atoms with Crippen molar-refractivity contribution in [2.45, 2.75) is 18.8 Å². The first-order valence-corrected chi connectivity index (χ1v) is 5.23. The molecule has 0 aliphatic rings. The molecule has 94 valence electrons. The lowest BCUT2D eigenvalue weighted by atomic mass is 10.00. The van der Waals surface area contributed by atoms with E-state index >= 15 is 0 Å². The lowest BCUT2D eigenvalue weighted by molar-refractivity contribution is -0.155. The van der Waals surface area contributed by atoms with Gasteiger partial charge in [-0.1, -0.05) is 18.2 Å². The van der Waals surface area contributed by atoms with E-state index in [0.717, 1.165) is 5.69 Å². The molecule has 0 aliphatic heterocycles. The normalized spacial score (nSPS) is 14.4. The SMILES string of the molecule is COC(OC)C(C)(Nc1ccccc1)C(N)=O. The summed E-state index contributed by atoms with van der Waals surface area (Å²) in [5.74, 6) is -0.546. The first kappa shape index (κ1) is 13.5. The van der Waals surface area contributed by atoms with Crippen molar-refractivity contribution in [1.29, 1.82) is 0 Å². The van der Waals surface area contributed by atoms with E-state index in [9.17, 15) is 4.79 Å². The zero-order valence-corrected chi connectivity index (χ0v) is 10.3. The summed E-state index contributed by atoms with van der Waals surface area (Å²) in [6.07, 6.45) is -0.764. The number of anilines is 1. The van der Waals surface area contributed by atoms with Crippen LogP contribution in [0.2, 0.25) is 0 Å². The van der Waals surface area contributed by atoms with Gasteiger partial charge in [0, 0.05) is 19.9 Å². The topological polar surface area (TPSA) is 73.6 Å². The Hall–Kier alpha value is -1.59. The van der Waals surface area contributed by atoms with Crippen LogP contribution in [0.1, 0.15) is 6.92 Å². The van der Waals surface area contributed by atoms with E-state index in [1.54, 1.807) is 6.92 Å². The van der Waals surface area contributed by atoms with Gasteiger partial charge in [0.25, 0.3) is 0 Å². The lowest BCUT2D eigenvalue weighted by Crippen LogP contribution is -2.57. The number of rotatable bonds is 6. The monoisotopic (exact) mass is 238 g/mol. The highest BCUT2D eigenvalue weighted by Crippen LogP contribution is 2.20. The molecule has 1 aromatic rings. The van der Waals surface area contributed by atoms with Crippen molar-refractivity contribution in [1.82, 2.24) is 0 Å². The van der Waals surface area contributed by atoms with Gasteiger partial charge >= 0.3 is 0 Å². The standard InChI is InChI=1S/C12H18N2O3/c1-12(10(13)15,11(16-2)17-3)14-9-7-5-4-6-8-9/h4-8,11,14H,1-3H3,(H2,13,15). The van der Waals surface area contributed by atoms with Crippen LogP contribution < -0.4 is 11.1 Å². The van der Waals surface area contributed by atoms with E-state index in [1.165, 1.54) is 14.2 Å². The number of nitrogens with two attached hydrogens (primary N) is 1. The molecule has 0 aliphatic carbocycles. The number of nitrogens with one attached hydrogen (secondary N) is 1. The average Bonchev–Trinajstić information content (AvgIpc) is 2.31. The summed E-state index contributed by atoms with van der Waals surface area (Å²) in [7, 11) is 2.92. The van der Waals surface area contributed by atoms with E-state index < -0.39 is 17.7 Å². The van der Waals surface area contributed by atoms with E-state index in [0.29, 0.717) is 0 Å². The van der Waals surface area contributed by atoms with Gasteiger partial charge in [-0.05, 0) is 19.1 Å². The molecule has 0 saturated heterocycles. The number of para-hydroxylation sites is 1. The highest BCUT2D eigenvalue weighted by Gasteiger charge is 2.40. The Bertz CT molecular complexity index is 365. The second-order valence-corrected chi connectivity index (χ2v) is 3.86. The molecular weight excluding hydrogens is 220 g/mol. The van der Waals surface area contributed by atoms with Crippen molar-refractivity contribution < 1.29 is 14.3 Å². The van der Waals surface area contributed by atoms with Crippen molar-refractivity contribution in [3.63, 3.8) is 0 Å². The Morgan fingerprint density at radius 2 is 1.82 bits per heavy atom. The Morgan fingerprint density at radius 3 is 2.24 bits per heavy atom. The first-order valence-electron chi connectivity index (χ1n) is 5.23. The van der Waals surface area contributed by atoms with Crippen LogP contribution in [0, 0.1) is 0 Å². The maximum absolute atomic E-state index is 11.6. The summed E-state index contributed by atoms with van der Waals surface area (Å²) in [6, 6.07) is 9.28. The van der Waals surface area contributed by atoms with Crippen molar-refractivity contribution >= 4 is 11.6 Å². The number of methoxy groups -OCH3 is 2. The minimum Gasteiger partial charge on any atom is -0.367 e. The summed E-state index contributed by atoms with van der Waals surface area (Å²) in [5, 5.41) is 3.03. The maximum Gasteiger partial charge on any atom is 0.248 e. The number of hydrogen-bond donors (Lipinski definition) is 2. The molecule has 1 amide bonds. The molecule has 0 bridgehead atoms. The molecule has 0 saturated carbocycles. The Labute approximate surface area is 101 Å². The summed E-state index contributed by atoms with van der Waals surface area (Å²) in [6.45, 7) is 1.64. The minimum absolute atomic E-state index is 0.546. The van der Waals surface area contributed by atoms with Crippen LogP contribution in [0.5, 0.6) is 0 Å². The average molecular weight is 238 g/mol. The molecule has 5 heteroatoms. The molecule has 17 heavy (non-hydrogen) atoms. The van der Waals surface area contributed by atoms with Crippen LogP contribution in [0.25, 0.3) is 0 Å². The Balaban J connectivity index is 2.97. The van der Waals surface area contributed by atoms with Gasteiger partial charge in [0.15, 0.2) is 11.8 Å². The van der Waals surface area contributed by atoms with Crippen LogP contribution in [-0.2, 0) is 14.3 Å². The first-order chi connectivity index (χ1) is 8.04. The fourth-order valence-electron chi connectivity index (χ4n) is 1.63. The molecule has 1 atom stereocenters. The van der Waals surface area contributed by atoms with Crippen molar-refractivity contribution in [2.75, 3.05) is 19.5 Å². The maximum atomic E-state index is 11.6. The number of carbonyl (C=O) groups excluding carboxylic acids is 1. The third kappa shape index (κ3) is 2.95. The van der Waals surface area contributed by atoms with Crippen molar-refractivity contribution in [2.24, 2.45) is 5.73 Å². The Kier molecular flexibility index (Phi) is 4.48. The van der Waals surface area contributed by atoms with Gasteiger partial charge in [-0.2, -0.15) is 0 Å². The van der Waals surface area contributed by atoms with Gasteiger partial charge in [0.1, 0.15) is 0 Å². The van der Waals surface area contributed by atoms with Crippen molar-refractivity contribution in [3.8, 4) is 0 Å². The van der Waals surface area contributed by atoms with Crippen molar-refractivity contribution in [3.05, 3.63) is 30.3 Å². The fourth-order valence-corrected chi connectivity index (χ4v) is 1.63. The number of primary amides is 1. The van der Waals surface area contributed by atoms with Gasteiger partial charge in [0.05, 0.1) is 0 Å². The van der Waals surface area contributed by atoms with Crippen LogP contribution in [0.4, 0.5) is 5.69 Å². The summed E-state index contributed by atoms with van der Waals surface area (Å²) in [4.78, 5) is 11.6. The van der Waals surface area contributed by atoms with E-state index in [4.69, 9.17) is 15.2 Å². The van der Waals surface area contributed by atoms with E-state index in [-0.39, 0.29) is 0 Å². The molecule has 1 rings (SSSR count). The fraction of sp³-hybridized carbons (Fsp3) is 0.417. The molecule has 1 aromatic carbocycles. The highest BCUT2D eigenvalue weighted by atomic mass is 16.7. The third-order valence-corrected chi connectivity index (χ3v) is 2.59.